The van der Waals surface area contributed by atoms with Gasteiger partial charge in [-0.25, -0.2) is 0 Å². The molecule has 0 heterocycles. The fourth-order valence-electron chi connectivity index (χ4n) is 2.93. The molecular weight excluding hydrogens is 264 g/mol. The van der Waals surface area contributed by atoms with Crippen LogP contribution >= 0.6 is 0 Å². The largest absolute Gasteiger partial charge is 0.497 e. The molecule has 1 amide bonds. The summed E-state index contributed by atoms with van der Waals surface area (Å²) in [4.78, 5) is 11.9. The molecule has 0 aliphatic heterocycles. The zero-order valence-corrected chi connectivity index (χ0v) is 13.0. The summed E-state index contributed by atoms with van der Waals surface area (Å²) in [5.41, 5.74) is 0.799. The van der Waals surface area contributed by atoms with Crippen LogP contribution in [0.5, 0.6) is 5.75 Å². The Kier molecular flexibility index (Phi) is 6.05. The molecule has 4 heteroatoms. The number of amides is 1. The first kappa shape index (κ1) is 15.8. The first-order valence-corrected chi connectivity index (χ1v) is 7.86. The first-order chi connectivity index (χ1) is 10.2. The van der Waals surface area contributed by atoms with Crippen LogP contribution in [0.1, 0.15) is 39.0 Å². The summed E-state index contributed by atoms with van der Waals surface area (Å²) in [5, 5.41) is 6.25. The third kappa shape index (κ3) is 5.05. The Balaban J connectivity index is 1.73. The predicted octanol–water partition coefficient (Wildman–Crippen LogP) is 3.19. The Bertz CT molecular complexity index is 439. The number of hydrogen-bond donors (Lipinski definition) is 2. The van der Waals surface area contributed by atoms with Crippen molar-refractivity contribution in [2.75, 3.05) is 19.0 Å². The van der Waals surface area contributed by atoms with Crippen LogP contribution in [0.15, 0.2) is 24.3 Å². The van der Waals surface area contributed by atoms with Crippen molar-refractivity contribution in [2.24, 2.45) is 5.92 Å². The van der Waals surface area contributed by atoms with Crippen molar-refractivity contribution in [3.8, 4) is 5.75 Å². The highest BCUT2D eigenvalue weighted by Gasteiger charge is 2.20. The summed E-state index contributed by atoms with van der Waals surface area (Å²) < 4.78 is 5.10. The van der Waals surface area contributed by atoms with Crippen molar-refractivity contribution in [3.05, 3.63) is 24.3 Å². The highest BCUT2D eigenvalue weighted by atomic mass is 16.5. The molecule has 0 aromatic heterocycles. The van der Waals surface area contributed by atoms with Crippen molar-refractivity contribution in [2.45, 2.75) is 45.1 Å². The van der Waals surface area contributed by atoms with Crippen molar-refractivity contribution in [1.29, 1.82) is 0 Å². The van der Waals surface area contributed by atoms with E-state index in [4.69, 9.17) is 4.74 Å². The number of carbonyl (C=O) groups is 1. The normalized spacial score (nSPS) is 17.2. The fourth-order valence-corrected chi connectivity index (χ4v) is 2.93. The molecule has 4 nitrogen and oxygen atoms in total. The van der Waals surface area contributed by atoms with Gasteiger partial charge >= 0.3 is 0 Å². The molecule has 116 valence electrons. The number of hydrogen-bond acceptors (Lipinski definition) is 3. The van der Waals surface area contributed by atoms with E-state index >= 15 is 0 Å². The first-order valence-electron chi connectivity index (χ1n) is 7.86. The minimum absolute atomic E-state index is 0.00262. The Hall–Kier alpha value is -1.55. The lowest BCUT2D eigenvalue weighted by atomic mass is 9.84. The van der Waals surface area contributed by atoms with Gasteiger partial charge in [0.2, 0.25) is 5.91 Å². The van der Waals surface area contributed by atoms with Crippen molar-refractivity contribution >= 4 is 11.6 Å². The van der Waals surface area contributed by atoms with Crippen molar-refractivity contribution in [3.63, 3.8) is 0 Å². The predicted molar refractivity (Wildman–Crippen MR) is 85.7 cm³/mol. The number of benzene rings is 1. The summed E-state index contributed by atoms with van der Waals surface area (Å²) in [5.74, 6) is 1.51. The molecule has 0 unspecified atom stereocenters. The lowest BCUT2D eigenvalue weighted by Gasteiger charge is -2.28. The second kappa shape index (κ2) is 8.03. The molecule has 1 atom stereocenters. The molecule has 1 aliphatic rings. The average Bonchev–Trinajstić information content (AvgIpc) is 2.54. The Morgan fingerprint density at radius 3 is 2.52 bits per heavy atom. The van der Waals surface area contributed by atoms with Gasteiger partial charge < -0.3 is 15.4 Å². The topological polar surface area (TPSA) is 50.4 Å². The van der Waals surface area contributed by atoms with Gasteiger partial charge in [0.15, 0.2) is 0 Å². The van der Waals surface area contributed by atoms with Crippen molar-refractivity contribution < 1.29 is 9.53 Å². The minimum Gasteiger partial charge on any atom is -0.497 e. The maximum atomic E-state index is 11.9. The molecule has 1 saturated carbocycles. The zero-order chi connectivity index (χ0) is 15.1. The average molecular weight is 290 g/mol. The SMILES string of the molecule is COc1ccc(NC(=O)CN[C@@H](C)C2CCCCC2)cc1. The van der Waals surface area contributed by atoms with Crippen LogP contribution in [-0.2, 0) is 4.79 Å². The number of nitrogens with one attached hydrogen (secondary N) is 2. The molecule has 0 radical (unpaired) electrons. The number of anilines is 1. The summed E-state index contributed by atoms with van der Waals surface area (Å²) in [6.07, 6.45) is 6.59. The fraction of sp³-hybridized carbons (Fsp3) is 0.588. The van der Waals surface area contributed by atoms with Gasteiger partial charge in [0.25, 0.3) is 0 Å². The summed E-state index contributed by atoms with van der Waals surface area (Å²) >= 11 is 0. The maximum absolute atomic E-state index is 11.9. The van der Waals surface area contributed by atoms with E-state index in [9.17, 15) is 4.79 Å². The van der Waals surface area contributed by atoms with Crippen LogP contribution in [0.25, 0.3) is 0 Å². The molecule has 1 aliphatic carbocycles. The van der Waals surface area contributed by atoms with Crippen molar-refractivity contribution in [1.82, 2.24) is 5.32 Å². The highest BCUT2D eigenvalue weighted by Crippen LogP contribution is 2.26. The van der Waals surface area contributed by atoms with Crippen LogP contribution in [-0.4, -0.2) is 25.6 Å². The molecule has 0 bridgehead atoms. The van der Waals surface area contributed by atoms with Crippen LogP contribution in [0.2, 0.25) is 0 Å². The second-order valence-electron chi connectivity index (χ2n) is 5.84. The smallest absolute Gasteiger partial charge is 0.238 e. The molecule has 0 spiro atoms. The van der Waals surface area contributed by atoms with E-state index in [0.29, 0.717) is 18.5 Å². The minimum atomic E-state index is 0.00262. The van der Waals surface area contributed by atoms with E-state index < -0.39 is 0 Å². The molecule has 1 aromatic rings. The summed E-state index contributed by atoms with van der Waals surface area (Å²) in [6, 6.07) is 7.79. The quantitative estimate of drug-likeness (QED) is 0.846. The lowest BCUT2D eigenvalue weighted by Crippen LogP contribution is -2.39. The van der Waals surface area contributed by atoms with Crippen LogP contribution in [0.3, 0.4) is 0 Å². The number of methoxy groups -OCH3 is 1. The van der Waals surface area contributed by atoms with E-state index in [0.717, 1.165) is 11.4 Å². The van der Waals surface area contributed by atoms with E-state index in [1.54, 1.807) is 7.11 Å². The molecule has 0 saturated heterocycles. The number of rotatable bonds is 6. The van der Waals surface area contributed by atoms with E-state index in [-0.39, 0.29) is 5.91 Å². The zero-order valence-electron chi connectivity index (χ0n) is 13.0. The van der Waals surface area contributed by atoms with E-state index in [1.807, 2.05) is 24.3 Å². The number of carbonyl (C=O) groups excluding carboxylic acids is 1. The molecule has 2 rings (SSSR count). The lowest BCUT2D eigenvalue weighted by molar-refractivity contribution is -0.115. The summed E-state index contributed by atoms with van der Waals surface area (Å²) in [6.45, 7) is 2.56. The third-order valence-electron chi connectivity index (χ3n) is 4.32. The Morgan fingerprint density at radius 1 is 1.24 bits per heavy atom. The van der Waals surface area contributed by atoms with Gasteiger partial charge in [-0.2, -0.15) is 0 Å². The molecule has 21 heavy (non-hydrogen) atoms. The highest BCUT2D eigenvalue weighted by molar-refractivity contribution is 5.92. The molecule has 1 fully saturated rings. The van der Waals surface area contributed by atoms with Gasteiger partial charge in [-0.15, -0.1) is 0 Å². The van der Waals surface area contributed by atoms with Crippen LogP contribution < -0.4 is 15.4 Å². The van der Waals surface area contributed by atoms with Gasteiger partial charge in [0, 0.05) is 11.7 Å². The third-order valence-corrected chi connectivity index (χ3v) is 4.32. The van der Waals surface area contributed by atoms with E-state index in [2.05, 4.69) is 17.6 Å². The number of ether oxygens (including phenoxy) is 1. The van der Waals surface area contributed by atoms with Crippen LogP contribution in [0.4, 0.5) is 5.69 Å². The molecular formula is C17H26N2O2. The van der Waals surface area contributed by atoms with E-state index in [1.165, 1.54) is 32.1 Å². The molecule has 1 aromatic carbocycles. The van der Waals surface area contributed by atoms with Gasteiger partial charge in [0.05, 0.1) is 13.7 Å². The molecule has 2 N–H and O–H groups in total. The van der Waals surface area contributed by atoms with Gasteiger partial charge in [0.1, 0.15) is 5.75 Å². The van der Waals surface area contributed by atoms with Gasteiger partial charge in [-0.05, 0) is 49.9 Å². The monoisotopic (exact) mass is 290 g/mol. The summed E-state index contributed by atoms with van der Waals surface area (Å²) in [7, 11) is 1.63. The van der Waals surface area contributed by atoms with Crippen LogP contribution in [0, 0.1) is 5.92 Å². The Labute approximate surface area is 127 Å². The maximum Gasteiger partial charge on any atom is 0.238 e. The van der Waals surface area contributed by atoms with Gasteiger partial charge in [-0.1, -0.05) is 19.3 Å². The second-order valence-corrected chi connectivity index (χ2v) is 5.84. The van der Waals surface area contributed by atoms with Gasteiger partial charge in [-0.3, -0.25) is 4.79 Å². The Morgan fingerprint density at radius 2 is 1.90 bits per heavy atom. The standard InChI is InChI=1S/C17H26N2O2/c1-13(14-6-4-3-5-7-14)18-12-17(20)19-15-8-10-16(21-2)11-9-15/h8-11,13-14,18H,3-7,12H2,1-2H3,(H,19,20)/t13-/m0/s1.